The second kappa shape index (κ2) is 6.88. The molecule has 2 heterocycles. The SMILES string of the molecule is CC(=O)Nc1nc2ccc(CC(=O)N3CCc4ccccc4C3)cc2s1. The van der Waals surface area contributed by atoms with Gasteiger partial charge in [0.25, 0.3) is 0 Å². The lowest BCUT2D eigenvalue weighted by molar-refractivity contribution is -0.131. The summed E-state index contributed by atoms with van der Waals surface area (Å²) in [5, 5.41) is 3.30. The molecule has 1 aromatic heterocycles. The number of hydrogen-bond donors (Lipinski definition) is 1. The molecule has 0 saturated heterocycles. The Morgan fingerprint density at radius 3 is 2.81 bits per heavy atom. The van der Waals surface area contributed by atoms with E-state index in [4.69, 9.17) is 0 Å². The van der Waals surface area contributed by atoms with Crippen molar-refractivity contribution in [3.63, 3.8) is 0 Å². The molecule has 2 aromatic carbocycles. The minimum Gasteiger partial charge on any atom is -0.338 e. The molecule has 132 valence electrons. The van der Waals surface area contributed by atoms with Gasteiger partial charge in [0.2, 0.25) is 11.8 Å². The van der Waals surface area contributed by atoms with Crippen LogP contribution in [0.1, 0.15) is 23.6 Å². The smallest absolute Gasteiger partial charge is 0.227 e. The van der Waals surface area contributed by atoms with Gasteiger partial charge in [-0.25, -0.2) is 4.98 Å². The lowest BCUT2D eigenvalue weighted by Gasteiger charge is -2.29. The summed E-state index contributed by atoms with van der Waals surface area (Å²) < 4.78 is 0.975. The number of carbonyl (C=O) groups excluding carboxylic acids is 2. The first-order valence-electron chi connectivity index (χ1n) is 8.60. The molecule has 3 aromatic rings. The Labute approximate surface area is 155 Å². The standard InChI is InChI=1S/C20H19N3O2S/c1-13(24)21-20-22-17-7-6-14(10-18(17)26-20)11-19(25)23-9-8-15-4-2-3-5-16(15)12-23/h2-7,10H,8-9,11-12H2,1H3,(H,21,22,24). The van der Waals surface area contributed by atoms with Crippen LogP contribution in [0.5, 0.6) is 0 Å². The quantitative estimate of drug-likeness (QED) is 0.774. The summed E-state index contributed by atoms with van der Waals surface area (Å²) in [7, 11) is 0. The number of nitrogens with one attached hydrogen (secondary N) is 1. The van der Waals surface area contributed by atoms with Crippen LogP contribution in [0.15, 0.2) is 42.5 Å². The first-order valence-corrected chi connectivity index (χ1v) is 9.42. The Morgan fingerprint density at radius 1 is 1.19 bits per heavy atom. The molecule has 0 aliphatic carbocycles. The normalized spacial score (nSPS) is 13.5. The van der Waals surface area contributed by atoms with E-state index in [0.29, 0.717) is 18.1 Å². The number of hydrogen-bond acceptors (Lipinski definition) is 4. The number of fused-ring (bicyclic) bond motifs is 2. The number of aromatic nitrogens is 1. The molecular formula is C20H19N3O2S. The van der Waals surface area contributed by atoms with Gasteiger partial charge in [0.15, 0.2) is 5.13 Å². The molecule has 2 amide bonds. The van der Waals surface area contributed by atoms with E-state index in [9.17, 15) is 9.59 Å². The maximum absolute atomic E-state index is 12.7. The van der Waals surface area contributed by atoms with Crippen molar-refractivity contribution < 1.29 is 9.59 Å². The zero-order valence-corrected chi connectivity index (χ0v) is 15.3. The van der Waals surface area contributed by atoms with Crippen molar-refractivity contribution in [2.45, 2.75) is 26.3 Å². The van der Waals surface area contributed by atoms with Crippen molar-refractivity contribution in [2.75, 3.05) is 11.9 Å². The molecular weight excluding hydrogens is 346 g/mol. The van der Waals surface area contributed by atoms with Crippen LogP contribution in [0.3, 0.4) is 0 Å². The monoisotopic (exact) mass is 365 g/mol. The van der Waals surface area contributed by atoms with Gasteiger partial charge in [-0.1, -0.05) is 41.7 Å². The van der Waals surface area contributed by atoms with Crippen molar-refractivity contribution >= 4 is 38.5 Å². The average Bonchev–Trinajstić information content (AvgIpc) is 3.02. The Balaban J connectivity index is 1.48. The maximum Gasteiger partial charge on any atom is 0.227 e. The third-order valence-corrected chi connectivity index (χ3v) is 5.51. The molecule has 0 bridgehead atoms. The highest BCUT2D eigenvalue weighted by Crippen LogP contribution is 2.27. The number of benzene rings is 2. The lowest BCUT2D eigenvalue weighted by Crippen LogP contribution is -2.36. The van der Waals surface area contributed by atoms with Gasteiger partial charge in [-0.3, -0.25) is 9.59 Å². The van der Waals surface area contributed by atoms with Crippen molar-refractivity contribution in [2.24, 2.45) is 0 Å². The second-order valence-electron chi connectivity index (χ2n) is 6.51. The van der Waals surface area contributed by atoms with Crippen molar-refractivity contribution in [1.82, 2.24) is 9.88 Å². The van der Waals surface area contributed by atoms with Gasteiger partial charge < -0.3 is 10.2 Å². The molecule has 0 spiro atoms. The van der Waals surface area contributed by atoms with Crippen molar-refractivity contribution in [3.05, 3.63) is 59.2 Å². The van der Waals surface area contributed by atoms with Crippen LogP contribution in [0.25, 0.3) is 10.2 Å². The third-order valence-electron chi connectivity index (χ3n) is 4.57. The van der Waals surface area contributed by atoms with Gasteiger partial charge in [-0.2, -0.15) is 0 Å². The van der Waals surface area contributed by atoms with E-state index in [2.05, 4.69) is 28.5 Å². The molecule has 26 heavy (non-hydrogen) atoms. The largest absolute Gasteiger partial charge is 0.338 e. The van der Waals surface area contributed by atoms with E-state index in [-0.39, 0.29) is 11.8 Å². The molecule has 0 atom stereocenters. The summed E-state index contributed by atoms with van der Waals surface area (Å²) in [5.74, 6) is 0.00953. The average molecular weight is 365 g/mol. The zero-order valence-electron chi connectivity index (χ0n) is 14.5. The van der Waals surface area contributed by atoms with Gasteiger partial charge in [0.1, 0.15) is 0 Å². The third kappa shape index (κ3) is 3.46. The molecule has 1 aliphatic heterocycles. The van der Waals surface area contributed by atoms with Gasteiger partial charge in [-0.05, 0) is 35.2 Å². The minimum atomic E-state index is -0.134. The van der Waals surface area contributed by atoms with E-state index in [1.54, 1.807) is 0 Å². The Hall–Kier alpha value is -2.73. The minimum absolute atomic E-state index is 0.134. The Bertz CT molecular complexity index is 996. The van der Waals surface area contributed by atoms with Gasteiger partial charge in [0.05, 0.1) is 16.6 Å². The van der Waals surface area contributed by atoms with Gasteiger partial charge >= 0.3 is 0 Å². The molecule has 0 saturated carbocycles. The second-order valence-corrected chi connectivity index (χ2v) is 7.54. The first-order chi connectivity index (χ1) is 12.6. The van der Waals surface area contributed by atoms with Crippen LogP contribution in [0.4, 0.5) is 5.13 Å². The van der Waals surface area contributed by atoms with Crippen molar-refractivity contribution in [1.29, 1.82) is 0 Å². The van der Waals surface area contributed by atoms with Crippen LogP contribution >= 0.6 is 11.3 Å². The first kappa shape index (κ1) is 16.7. The highest BCUT2D eigenvalue weighted by Gasteiger charge is 2.20. The Kier molecular flexibility index (Phi) is 4.42. The van der Waals surface area contributed by atoms with E-state index in [0.717, 1.165) is 28.7 Å². The number of amides is 2. The highest BCUT2D eigenvalue weighted by atomic mass is 32.1. The van der Waals surface area contributed by atoms with E-state index < -0.39 is 0 Å². The van der Waals surface area contributed by atoms with Crippen LogP contribution < -0.4 is 5.32 Å². The van der Waals surface area contributed by atoms with Crippen LogP contribution in [0.2, 0.25) is 0 Å². The molecule has 1 aliphatic rings. The number of rotatable bonds is 3. The number of nitrogens with zero attached hydrogens (tertiary/aromatic N) is 2. The molecule has 0 radical (unpaired) electrons. The fourth-order valence-corrected chi connectivity index (χ4v) is 4.25. The zero-order chi connectivity index (χ0) is 18.1. The number of anilines is 1. The molecule has 0 unspecified atom stereocenters. The summed E-state index contributed by atoms with van der Waals surface area (Å²) in [6.45, 7) is 2.92. The number of thiazole rings is 1. The summed E-state index contributed by atoms with van der Waals surface area (Å²) in [4.78, 5) is 30.2. The number of carbonyl (C=O) groups is 2. The topological polar surface area (TPSA) is 62.3 Å². The van der Waals surface area contributed by atoms with E-state index in [1.807, 2.05) is 29.2 Å². The summed E-state index contributed by atoms with van der Waals surface area (Å²) in [6.07, 6.45) is 1.29. The Morgan fingerprint density at radius 2 is 2.00 bits per heavy atom. The lowest BCUT2D eigenvalue weighted by atomic mass is 9.99. The van der Waals surface area contributed by atoms with Crippen LogP contribution in [-0.4, -0.2) is 28.2 Å². The van der Waals surface area contributed by atoms with Crippen LogP contribution in [-0.2, 0) is 29.0 Å². The predicted molar refractivity (Wildman–Crippen MR) is 103 cm³/mol. The molecule has 6 heteroatoms. The van der Waals surface area contributed by atoms with Gasteiger partial charge in [0, 0.05) is 20.0 Å². The molecule has 4 rings (SSSR count). The summed E-state index contributed by atoms with van der Waals surface area (Å²) >= 11 is 1.43. The molecule has 5 nitrogen and oxygen atoms in total. The van der Waals surface area contributed by atoms with Gasteiger partial charge in [-0.15, -0.1) is 0 Å². The fourth-order valence-electron chi connectivity index (χ4n) is 3.28. The summed E-state index contributed by atoms with van der Waals surface area (Å²) in [5.41, 5.74) is 4.39. The molecule has 0 fully saturated rings. The molecule has 1 N–H and O–H groups in total. The van der Waals surface area contributed by atoms with Crippen molar-refractivity contribution in [3.8, 4) is 0 Å². The summed E-state index contributed by atoms with van der Waals surface area (Å²) in [6, 6.07) is 14.2. The van der Waals surface area contributed by atoms with E-state index >= 15 is 0 Å². The predicted octanol–water partition coefficient (Wildman–Crippen LogP) is 3.38. The maximum atomic E-state index is 12.7. The fraction of sp³-hybridized carbons (Fsp3) is 0.250. The van der Waals surface area contributed by atoms with E-state index in [1.165, 1.54) is 29.4 Å². The highest BCUT2D eigenvalue weighted by molar-refractivity contribution is 7.22. The van der Waals surface area contributed by atoms with Crippen LogP contribution in [0, 0.1) is 0 Å².